The summed E-state index contributed by atoms with van der Waals surface area (Å²) < 4.78 is 15.0. The van der Waals surface area contributed by atoms with Crippen LogP contribution in [0.3, 0.4) is 0 Å². The smallest absolute Gasteiger partial charge is 0.274 e. The molecule has 3 aromatic rings. The molecule has 1 aromatic heterocycles. The van der Waals surface area contributed by atoms with Crippen LogP contribution in [0, 0.1) is 22.9 Å². The molecule has 0 atom stereocenters. The number of rotatable bonds is 5. The van der Waals surface area contributed by atoms with Crippen LogP contribution in [0.1, 0.15) is 21.7 Å². The number of non-ortho nitro benzene ring substituents is 1. The van der Waals surface area contributed by atoms with Crippen molar-refractivity contribution in [1.29, 1.82) is 0 Å². The van der Waals surface area contributed by atoms with Crippen LogP contribution in [0.2, 0.25) is 0 Å². The molecule has 9 heteroatoms. The maximum Gasteiger partial charge on any atom is 0.274 e. The molecule has 0 saturated heterocycles. The van der Waals surface area contributed by atoms with E-state index in [1.165, 1.54) is 28.9 Å². The van der Waals surface area contributed by atoms with Gasteiger partial charge in [0, 0.05) is 24.2 Å². The van der Waals surface area contributed by atoms with Gasteiger partial charge in [-0.3, -0.25) is 14.9 Å². The second-order valence-corrected chi connectivity index (χ2v) is 5.49. The molecule has 3 rings (SSSR count). The second kappa shape index (κ2) is 7.09. The monoisotopic (exact) mass is 355 g/mol. The van der Waals surface area contributed by atoms with E-state index in [0.717, 1.165) is 0 Å². The summed E-state index contributed by atoms with van der Waals surface area (Å²) in [5.74, 6) is -0.924. The number of halogens is 1. The maximum absolute atomic E-state index is 13.6. The van der Waals surface area contributed by atoms with Gasteiger partial charge in [-0.1, -0.05) is 29.5 Å². The van der Waals surface area contributed by atoms with Crippen molar-refractivity contribution >= 4 is 11.6 Å². The molecule has 2 aromatic carbocycles. The lowest BCUT2D eigenvalue weighted by atomic mass is 10.2. The van der Waals surface area contributed by atoms with Crippen molar-refractivity contribution in [2.75, 3.05) is 0 Å². The number of nitrogens with zero attached hydrogens (tertiary/aromatic N) is 4. The van der Waals surface area contributed by atoms with Gasteiger partial charge >= 0.3 is 0 Å². The minimum atomic E-state index is -0.516. The van der Waals surface area contributed by atoms with Crippen molar-refractivity contribution in [2.45, 2.75) is 13.5 Å². The first kappa shape index (κ1) is 17.2. The van der Waals surface area contributed by atoms with E-state index in [2.05, 4.69) is 15.6 Å². The Morgan fingerprint density at radius 1 is 1.27 bits per heavy atom. The molecule has 0 bridgehead atoms. The van der Waals surface area contributed by atoms with Gasteiger partial charge in [-0.05, 0) is 19.1 Å². The SMILES string of the molecule is Cc1c(C(=O)NCc2ccccc2F)nnn1-c1cccc([N+](=O)[O-])c1. The zero-order valence-corrected chi connectivity index (χ0v) is 13.7. The number of carbonyl (C=O) groups excluding carboxylic acids is 1. The molecule has 0 radical (unpaired) electrons. The molecule has 26 heavy (non-hydrogen) atoms. The molecule has 0 unspecified atom stereocenters. The van der Waals surface area contributed by atoms with Crippen molar-refractivity contribution in [3.05, 3.63) is 81.4 Å². The summed E-state index contributed by atoms with van der Waals surface area (Å²) in [6.07, 6.45) is 0. The van der Waals surface area contributed by atoms with Crippen molar-refractivity contribution in [1.82, 2.24) is 20.3 Å². The number of amides is 1. The number of benzene rings is 2. The first-order valence-corrected chi connectivity index (χ1v) is 7.66. The molecule has 0 aliphatic rings. The van der Waals surface area contributed by atoms with Gasteiger partial charge in [0.2, 0.25) is 0 Å². The van der Waals surface area contributed by atoms with Crippen molar-refractivity contribution in [2.24, 2.45) is 0 Å². The zero-order chi connectivity index (χ0) is 18.7. The van der Waals surface area contributed by atoms with Gasteiger partial charge in [-0.15, -0.1) is 5.10 Å². The largest absolute Gasteiger partial charge is 0.346 e. The van der Waals surface area contributed by atoms with E-state index in [1.54, 1.807) is 31.2 Å². The standard InChI is InChI=1S/C17H14FN5O3/c1-11-16(17(24)19-10-12-5-2-3-8-15(12)18)20-21-22(11)13-6-4-7-14(9-13)23(25)26/h2-9H,10H2,1H3,(H,19,24). The molecule has 1 heterocycles. The third kappa shape index (κ3) is 3.41. The highest BCUT2D eigenvalue weighted by atomic mass is 19.1. The number of carbonyl (C=O) groups is 1. The second-order valence-electron chi connectivity index (χ2n) is 5.49. The van der Waals surface area contributed by atoms with Crippen LogP contribution < -0.4 is 5.32 Å². The van der Waals surface area contributed by atoms with Crippen LogP contribution >= 0.6 is 0 Å². The first-order valence-electron chi connectivity index (χ1n) is 7.66. The lowest BCUT2D eigenvalue weighted by Gasteiger charge is -2.06. The fourth-order valence-electron chi connectivity index (χ4n) is 2.42. The third-order valence-electron chi connectivity index (χ3n) is 3.79. The number of hydrogen-bond acceptors (Lipinski definition) is 5. The van der Waals surface area contributed by atoms with Gasteiger partial charge in [-0.2, -0.15) is 0 Å². The number of nitro groups is 1. The Morgan fingerprint density at radius 2 is 2.04 bits per heavy atom. The highest BCUT2D eigenvalue weighted by molar-refractivity contribution is 5.93. The van der Waals surface area contributed by atoms with Gasteiger partial charge in [0.15, 0.2) is 5.69 Å². The van der Waals surface area contributed by atoms with E-state index in [0.29, 0.717) is 16.9 Å². The highest BCUT2D eigenvalue weighted by Crippen LogP contribution is 2.18. The summed E-state index contributed by atoms with van der Waals surface area (Å²) in [6, 6.07) is 12.0. The van der Waals surface area contributed by atoms with Crippen molar-refractivity contribution < 1.29 is 14.1 Å². The molecular formula is C17H14FN5O3. The molecule has 8 nitrogen and oxygen atoms in total. The highest BCUT2D eigenvalue weighted by Gasteiger charge is 2.18. The summed E-state index contributed by atoms with van der Waals surface area (Å²) in [5, 5.41) is 21.2. The fourth-order valence-corrected chi connectivity index (χ4v) is 2.42. The Hall–Kier alpha value is -3.62. The average Bonchev–Trinajstić information content (AvgIpc) is 3.02. The van der Waals surface area contributed by atoms with Crippen LogP contribution in [-0.4, -0.2) is 25.8 Å². The van der Waals surface area contributed by atoms with E-state index >= 15 is 0 Å². The normalized spacial score (nSPS) is 10.5. The molecule has 0 spiro atoms. The van der Waals surface area contributed by atoms with Gasteiger partial charge in [0.1, 0.15) is 5.82 Å². The summed E-state index contributed by atoms with van der Waals surface area (Å²) in [4.78, 5) is 22.7. The lowest BCUT2D eigenvalue weighted by molar-refractivity contribution is -0.384. The van der Waals surface area contributed by atoms with Gasteiger partial charge in [0.05, 0.1) is 16.3 Å². The molecule has 132 valence electrons. The molecule has 0 saturated carbocycles. The quantitative estimate of drug-likeness (QED) is 0.560. The minimum absolute atomic E-state index is 0.00855. The molecular weight excluding hydrogens is 341 g/mol. The zero-order valence-electron chi connectivity index (χ0n) is 13.7. The molecule has 0 fully saturated rings. The van der Waals surface area contributed by atoms with Crippen molar-refractivity contribution in [3.8, 4) is 5.69 Å². The molecule has 1 N–H and O–H groups in total. The number of hydrogen-bond donors (Lipinski definition) is 1. The molecule has 1 amide bonds. The fraction of sp³-hybridized carbons (Fsp3) is 0.118. The van der Waals surface area contributed by atoms with Crippen LogP contribution in [0.25, 0.3) is 5.69 Å². The maximum atomic E-state index is 13.6. The molecule has 0 aliphatic carbocycles. The van der Waals surface area contributed by atoms with E-state index < -0.39 is 16.6 Å². The van der Waals surface area contributed by atoms with E-state index in [4.69, 9.17) is 0 Å². The minimum Gasteiger partial charge on any atom is -0.346 e. The van der Waals surface area contributed by atoms with E-state index in [1.807, 2.05) is 0 Å². The number of aromatic nitrogens is 3. The first-order chi connectivity index (χ1) is 12.5. The predicted molar refractivity (Wildman–Crippen MR) is 90.3 cm³/mol. The number of nitro benzene ring substituents is 1. The van der Waals surface area contributed by atoms with Gasteiger partial charge in [0.25, 0.3) is 11.6 Å². The van der Waals surface area contributed by atoms with Gasteiger partial charge in [-0.25, -0.2) is 9.07 Å². The topological polar surface area (TPSA) is 103 Å². The Labute approximate surface area is 147 Å². The summed E-state index contributed by atoms with van der Waals surface area (Å²) >= 11 is 0. The Balaban J connectivity index is 1.80. The Morgan fingerprint density at radius 3 is 2.77 bits per heavy atom. The third-order valence-corrected chi connectivity index (χ3v) is 3.79. The summed E-state index contributed by atoms with van der Waals surface area (Å²) in [5.41, 5.74) is 1.15. The van der Waals surface area contributed by atoms with E-state index in [9.17, 15) is 19.3 Å². The van der Waals surface area contributed by atoms with Crippen LogP contribution in [0.4, 0.5) is 10.1 Å². The predicted octanol–water partition coefficient (Wildman–Crippen LogP) is 2.55. The lowest BCUT2D eigenvalue weighted by Crippen LogP contribution is -2.24. The Kier molecular flexibility index (Phi) is 4.70. The number of nitrogens with one attached hydrogen (secondary N) is 1. The van der Waals surface area contributed by atoms with Crippen LogP contribution in [-0.2, 0) is 6.54 Å². The van der Waals surface area contributed by atoms with Gasteiger partial charge < -0.3 is 5.32 Å². The summed E-state index contributed by atoms with van der Waals surface area (Å²) in [6.45, 7) is 1.63. The summed E-state index contributed by atoms with van der Waals surface area (Å²) in [7, 11) is 0. The van der Waals surface area contributed by atoms with Crippen LogP contribution in [0.15, 0.2) is 48.5 Å². The van der Waals surface area contributed by atoms with Crippen LogP contribution in [0.5, 0.6) is 0 Å². The van der Waals surface area contributed by atoms with Crippen molar-refractivity contribution in [3.63, 3.8) is 0 Å². The Bertz CT molecular complexity index is 986. The average molecular weight is 355 g/mol. The van der Waals surface area contributed by atoms with E-state index in [-0.39, 0.29) is 17.9 Å². The molecule has 0 aliphatic heterocycles.